The zero-order valence-corrected chi connectivity index (χ0v) is 16.7. The number of aryl methyl sites for hydroxylation is 1. The molecule has 1 atom stereocenters. The lowest BCUT2D eigenvalue weighted by Crippen LogP contribution is -2.38. The summed E-state index contributed by atoms with van der Waals surface area (Å²) >= 11 is 0. The molecule has 2 heterocycles. The lowest BCUT2D eigenvalue weighted by atomic mass is 9.99. The van der Waals surface area contributed by atoms with Crippen molar-refractivity contribution in [3.05, 3.63) is 109 Å². The molecular formula is C24H19N2O2S. The number of benzene rings is 2. The summed E-state index contributed by atoms with van der Waals surface area (Å²) in [5.74, 6) is 0. The summed E-state index contributed by atoms with van der Waals surface area (Å²) in [5.41, 5.74) is 3.77. The second kappa shape index (κ2) is 6.64. The van der Waals surface area contributed by atoms with Crippen LogP contribution in [0.3, 0.4) is 0 Å². The second-order valence-corrected chi connectivity index (χ2v) is 9.05. The summed E-state index contributed by atoms with van der Waals surface area (Å²) in [6.07, 6.45) is 13.4. The van der Waals surface area contributed by atoms with E-state index < -0.39 is 10.0 Å². The van der Waals surface area contributed by atoms with Gasteiger partial charge < -0.3 is 4.57 Å². The van der Waals surface area contributed by atoms with E-state index in [0.717, 1.165) is 27.7 Å². The molecule has 1 aliphatic heterocycles. The van der Waals surface area contributed by atoms with Crippen LogP contribution in [-0.4, -0.2) is 23.3 Å². The number of aromatic nitrogens is 1. The van der Waals surface area contributed by atoms with Gasteiger partial charge in [0, 0.05) is 17.8 Å². The van der Waals surface area contributed by atoms with Crippen molar-refractivity contribution in [3.8, 4) is 0 Å². The molecule has 2 aliphatic rings. The molecule has 1 radical (unpaired) electrons. The third kappa shape index (κ3) is 2.95. The van der Waals surface area contributed by atoms with Gasteiger partial charge in [-0.3, -0.25) is 4.31 Å². The summed E-state index contributed by atoms with van der Waals surface area (Å²) in [7, 11) is -3.71. The van der Waals surface area contributed by atoms with Crippen LogP contribution in [-0.2, 0) is 10.0 Å². The largest absolute Gasteiger partial charge is 0.315 e. The van der Waals surface area contributed by atoms with Crippen molar-refractivity contribution in [2.45, 2.75) is 17.9 Å². The van der Waals surface area contributed by atoms with Crippen LogP contribution in [0.25, 0.3) is 16.6 Å². The van der Waals surface area contributed by atoms with Gasteiger partial charge in [0.2, 0.25) is 0 Å². The van der Waals surface area contributed by atoms with Crippen molar-refractivity contribution in [2.24, 2.45) is 0 Å². The highest BCUT2D eigenvalue weighted by atomic mass is 32.2. The molecule has 5 heteroatoms. The average Bonchev–Trinajstić information content (AvgIpc) is 3.17. The van der Waals surface area contributed by atoms with E-state index in [1.165, 1.54) is 4.31 Å². The van der Waals surface area contributed by atoms with Crippen molar-refractivity contribution >= 4 is 26.6 Å². The number of hydrogen-bond acceptors (Lipinski definition) is 2. The molecular weight excluding hydrogens is 380 g/mol. The Bertz CT molecular complexity index is 1320. The van der Waals surface area contributed by atoms with E-state index >= 15 is 0 Å². The highest BCUT2D eigenvalue weighted by Gasteiger charge is 2.33. The van der Waals surface area contributed by atoms with Gasteiger partial charge in [-0.1, -0.05) is 48.1 Å². The maximum absolute atomic E-state index is 13.5. The van der Waals surface area contributed by atoms with Crippen LogP contribution in [0.15, 0.2) is 102 Å². The molecule has 0 N–H and O–H groups in total. The Morgan fingerprint density at radius 1 is 1.03 bits per heavy atom. The van der Waals surface area contributed by atoms with Crippen LogP contribution >= 0.6 is 0 Å². The highest BCUT2D eigenvalue weighted by Crippen LogP contribution is 2.33. The summed E-state index contributed by atoms with van der Waals surface area (Å²) in [4.78, 5) is 0.287. The molecule has 3 aromatic rings. The van der Waals surface area contributed by atoms with E-state index in [2.05, 4.69) is 6.07 Å². The molecule has 0 fully saturated rings. The van der Waals surface area contributed by atoms with Gasteiger partial charge in [-0.15, -0.1) is 0 Å². The zero-order chi connectivity index (χ0) is 20.0. The summed E-state index contributed by atoms with van der Waals surface area (Å²) in [6, 6.07) is 17.5. The van der Waals surface area contributed by atoms with Gasteiger partial charge in [-0.2, -0.15) is 0 Å². The second-order valence-electron chi connectivity index (χ2n) is 7.21. The summed E-state index contributed by atoms with van der Waals surface area (Å²) in [6.45, 7) is 1.94. The van der Waals surface area contributed by atoms with Crippen molar-refractivity contribution in [3.63, 3.8) is 0 Å². The molecule has 143 valence electrons. The molecule has 1 aromatic heterocycles. The monoisotopic (exact) mass is 399 g/mol. The van der Waals surface area contributed by atoms with Crippen LogP contribution in [0.2, 0.25) is 0 Å². The Labute approximate surface area is 170 Å². The molecule has 5 rings (SSSR count). The topological polar surface area (TPSA) is 42.3 Å². The van der Waals surface area contributed by atoms with Gasteiger partial charge in [0.1, 0.15) is 0 Å². The quantitative estimate of drug-likeness (QED) is 0.642. The van der Waals surface area contributed by atoms with Crippen LogP contribution in [0.5, 0.6) is 0 Å². The van der Waals surface area contributed by atoms with Crippen LogP contribution in [0, 0.1) is 13.0 Å². The lowest BCUT2D eigenvalue weighted by Gasteiger charge is -2.34. The first-order valence-corrected chi connectivity index (χ1v) is 10.8. The average molecular weight is 399 g/mol. The van der Waals surface area contributed by atoms with Crippen molar-refractivity contribution in [1.29, 1.82) is 0 Å². The number of fused-ring (bicyclic) bond motifs is 2. The number of sulfonamides is 1. The first-order chi connectivity index (χ1) is 14.0. The van der Waals surface area contributed by atoms with Gasteiger partial charge in [-0.05, 0) is 55.0 Å². The minimum Gasteiger partial charge on any atom is -0.315 e. The lowest BCUT2D eigenvalue weighted by molar-refractivity contribution is 0.477. The van der Waals surface area contributed by atoms with E-state index in [1.54, 1.807) is 18.3 Å². The maximum Gasteiger partial charge on any atom is 0.264 e. The number of hydrogen-bond donors (Lipinski definition) is 0. The van der Waals surface area contributed by atoms with Crippen molar-refractivity contribution in [1.82, 2.24) is 8.87 Å². The van der Waals surface area contributed by atoms with E-state index in [0.29, 0.717) is 0 Å². The Balaban J connectivity index is 1.67. The molecule has 2 aromatic carbocycles. The molecule has 0 amide bonds. The SMILES string of the molecule is Cc1ccc(S(=O)(=O)N2C=C(n3ccc4c[c]ccc43)C=C3C=CC=CC32)cc1. The van der Waals surface area contributed by atoms with Crippen molar-refractivity contribution < 1.29 is 8.42 Å². The van der Waals surface area contributed by atoms with E-state index in [9.17, 15) is 8.42 Å². The normalized spacial score (nSPS) is 18.5. The zero-order valence-electron chi connectivity index (χ0n) is 15.9. The Hall–Kier alpha value is -3.31. The first-order valence-electron chi connectivity index (χ1n) is 9.40. The van der Waals surface area contributed by atoms with E-state index in [1.807, 2.05) is 84.5 Å². The number of nitrogens with zero attached hydrogens (tertiary/aromatic N) is 2. The maximum atomic E-state index is 13.5. The molecule has 0 spiro atoms. The Morgan fingerprint density at radius 3 is 2.69 bits per heavy atom. The van der Waals surface area contributed by atoms with Gasteiger partial charge in [-0.25, -0.2) is 8.42 Å². The van der Waals surface area contributed by atoms with Gasteiger partial charge >= 0.3 is 0 Å². The van der Waals surface area contributed by atoms with Crippen LogP contribution < -0.4 is 0 Å². The third-order valence-electron chi connectivity index (χ3n) is 5.29. The van der Waals surface area contributed by atoms with Crippen LogP contribution in [0.1, 0.15) is 5.56 Å². The van der Waals surface area contributed by atoms with Gasteiger partial charge in [0.05, 0.1) is 22.2 Å². The molecule has 0 bridgehead atoms. The fraction of sp³-hybridized carbons (Fsp3) is 0.0833. The predicted molar refractivity (Wildman–Crippen MR) is 115 cm³/mol. The smallest absolute Gasteiger partial charge is 0.264 e. The highest BCUT2D eigenvalue weighted by molar-refractivity contribution is 7.89. The third-order valence-corrected chi connectivity index (χ3v) is 7.05. The van der Waals surface area contributed by atoms with E-state index in [4.69, 9.17) is 0 Å². The minimum atomic E-state index is -3.71. The number of rotatable bonds is 3. The fourth-order valence-corrected chi connectivity index (χ4v) is 5.22. The molecule has 29 heavy (non-hydrogen) atoms. The van der Waals surface area contributed by atoms with Crippen molar-refractivity contribution in [2.75, 3.05) is 0 Å². The summed E-state index contributed by atoms with van der Waals surface area (Å²) < 4.78 is 30.5. The molecule has 0 saturated carbocycles. The van der Waals surface area contributed by atoms with Gasteiger partial charge in [0.15, 0.2) is 0 Å². The summed E-state index contributed by atoms with van der Waals surface area (Å²) in [5, 5.41) is 1.06. The number of allylic oxidation sites excluding steroid dienone is 4. The van der Waals surface area contributed by atoms with Gasteiger partial charge in [0.25, 0.3) is 10.0 Å². The Morgan fingerprint density at radius 2 is 1.86 bits per heavy atom. The van der Waals surface area contributed by atoms with E-state index in [-0.39, 0.29) is 10.9 Å². The standard InChI is InChI=1S/C24H19N2O2S/c1-18-10-12-22(13-11-18)29(27,28)26-17-21(16-20-7-3-5-9-24(20)26)25-15-14-19-6-2-4-8-23(19)25/h3-17,24H,1H3. The fourth-order valence-electron chi connectivity index (χ4n) is 3.76. The Kier molecular flexibility index (Phi) is 4.07. The minimum absolute atomic E-state index is 0.287. The molecule has 0 saturated heterocycles. The molecule has 4 nitrogen and oxygen atoms in total. The molecule has 1 aliphatic carbocycles. The molecule has 1 unspecified atom stereocenters. The first kappa shape index (κ1) is 17.8. The van der Waals surface area contributed by atoms with Crippen LogP contribution in [0.4, 0.5) is 0 Å². The predicted octanol–water partition coefficient (Wildman–Crippen LogP) is 4.67.